The van der Waals surface area contributed by atoms with Crippen LogP contribution in [0.1, 0.15) is 26.2 Å². The minimum atomic E-state index is -1.30. The molecule has 0 unspecified atom stereocenters. The third-order valence-corrected chi connectivity index (χ3v) is 12.2. The fourth-order valence-corrected chi connectivity index (χ4v) is 8.26. The molecule has 4 heteroatoms. The van der Waals surface area contributed by atoms with Crippen LogP contribution in [-0.2, 0) is 4.43 Å². The first-order chi connectivity index (χ1) is 7.33. The highest BCUT2D eigenvalue weighted by Crippen LogP contribution is 2.28. The average molecular weight is 279 g/mol. The molecule has 1 nitrogen and oxygen atoms in total. The smallest absolute Gasteiger partial charge is 0.186 e. The highest BCUT2D eigenvalue weighted by atomic mass is 32.4. The Hall–Kier alpha value is 0.744. The normalized spacial score (nSPS) is 13.1. The maximum atomic E-state index is 5.58. The van der Waals surface area contributed by atoms with Gasteiger partial charge in [-0.05, 0) is 37.4 Å². The summed E-state index contributed by atoms with van der Waals surface area (Å²) < 4.78 is 5.58. The standard InChI is InChI=1S/C12H30OSSi2/c1-7-8-12-16(5,6)14-10-9-11-15(3,4)13-2/h7-12H2,1-6H3. The zero-order chi connectivity index (χ0) is 12.7. The van der Waals surface area contributed by atoms with E-state index in [1.165, 1.54) is 37.1 Å². The summed E-state index contributed by atoms with van der Waals surface area (Å²) in [4.78, 5) is 0. The molecule has 98 valence electrons. The summed E-state index contributed by atoms with van der Waals surface area (Å²) in [6.07, 6.45) is 4.12. The third kappa shape index (κ3) is 8.85. The summed E-state index contributed by atoms with van der Waals surface area (Å²) >= 11 is 2.28. The molecule has 0 fully saturated rings. The van der Waals surface area contributed by atoms with Crippen molar-refractivity contribution in [2.75, 3.05) is 12.9 Å². The van der Waals surface area contributed by atoms with Crippen molar-refractivity contribution in [3.8, 4) is 0 Å². The van der Waals surface area contributed by atoms with Gasteiger partial charge in [-0.2, -0.15) is 11.2 Å². The van der Waals surface area contributed by atoms with E-state index in [2.05, 4.69) is 44.3 Å². The van der Waals surface area contributed by atoms with Crippen molar-refractivity contribution in [2.45, 2.75) is 64.5 Å². The second-order valence-electron chi connectivity index (χ2n) is 5.78. The molecule has 0 atom stereocenters. The molecular weight excluding hydrogens is 248 g/mol. The Labute approximate surface area is 109 Å². The highest BCUT2D eigenvalue weighted by Gasteiger charge is 2.22. The molecule has 16 heavy (non-hydrogen) atoms. The third-order valence-electron chi connectivity index (χ3n) is 3.10. The van der Waals surface area contributed by atoms with Gasteiger partial charge in [-0.25, -0.2) is 0 Å². The quantitative estimate of drug-likeness (QED) is 0.435. The average Bonchev–Trinajstić information content (AvgIpc) is 2.22. The first-order valence-corrected chi connectivity index (χ1v) is 14.6. The molecule has 0 saturated heterocycles. The van der Waals surface area contributed by atoms with E-state index in [9.17, 15) is 0 Å². The van der Waals surface area contributed by atoms with E-state index < -0.39 is 15.5 Å². The second kappa shape index (κ2) is 7.95. The Kier molecular flexibility index (Phi) is 8.32. The van der Waals surface area contributed by atoms with Crippen molar-refractivity contribution in [1.29, 1.82) is 0 Å². The minimum Gasteiger partial charge on any atom is -0.420 e. The summed E-state index contributed by atoms with van der Waals surface area (Å²) in [5.74, 6) is 1.35. The molecule has 0 aromatic heterocycles. The van der Waals surface area contributed by atoms with Crippen LogP contribution in [0.25, 0.3) is 0 Å². The van der Waals surface area contributed by atoms with Crippen LogP contribution in [0.5, 0.6) is 0 Å². The summed E-state index contributed by atoms with van der Waals surface area (Å²) in [5, 5.41) is 0. The topological polar surface area (TPSA) is 9.23 Å². The Morgan fingerprint density at radius 3 is 2.12 bits per heavy atom. The van der Waals surface area contributed by atoms with Crippen molar-refractivity contribution in [3.63, 3.8) is 0 Å². The molecule has 0 bridgehead atoms. The van der Waals surface area contributed by atoms with Gasteiger partial charge in [-0.1, -0.05) is 32.9 Å². The van der Waals surface area contributed by atoms with Gasteiger partial charge in [-0.3, -0.25) is 0 Å². The molecule has 0 aromatic carbocycles. The molecule has 0 heterocycles. The monoisotopic (exact) mass is 278 g/mol. The molecule has 0 aliphatic heterocycles. The van der Waals surface area contributed by atoms with Gasteiger partial charge in [0.25, 0.3) is 0 Å². The predicted molar refractivity (Wildman–Crippen MR) is 83.6 cm³/mol. The van der Waals surface area contributed by atoms with Gasteiger partial charge in [0.2, 0.25) is 0 Å². The molecular formula is C12H30OSSi2. The lowest BCUT2D eigenvalue weighted by Gasteiger charge is -2.23. The Morgan fingerprint density at radius 1 is 1.00 bits per heavy atom. The largest absolute Gasteiger partial charge is 0.420 e. The van der Waals surface area contributed by atoms with Crippen LogP contribution < -0.4 is 0 Å². The van der Waals surface area contributed by atoms with Crippen molar-refractivity contribution < 1.29 is 4.43 Å². The number of hydrogen-bond donors (Lipinski definition) is 0. The number of unbranched alkanes of at least 4 members (excludes halogenated alkanes) is 1. The van der Waals surface area contributed by atoms with Crippen LogP contribution in [0, 0.1) is 0 Å². The summed E-state index contributed by atoms with van der Waals surface area (Å²) in [6.45, 7) is 12.0. The lowest BCUT2D eigenvalue weighted by atomic mass is 10.4. The first-order valence-electron chi connectivity index (χ1n) is 6.52. The fourth-order valence-electron chi connectivity index (χ4n) is 1.62. The van der Waals surface area contributed by atoms with Crippen molar-refractivity contribution >= 4 is 26.8 Å². The van der Waals surface area contributed by atoms with Gasteiger partial charge in [0.1, 0.15) is 7.22 Å². The molecule has 0 aliphatic carbocycles. The predicted octanol–water partition coefficient (Wildman–Crippen LogP) is 4.97. The molecule has 0 spiro atoms. The summed E-state index contributed by atoms with van der Waals surface area (Å²) in [6, 6.07) is 2.80. The van der Waals surface area contributed by atoms with E-state index in [1.807, 2.05) is 7.11 Å². The zero-order valence-electron chi connectivity index (χ0n) is 12.1. The van der Waals surface area contributed by atoms with Crippen LogP contribution in [0.15, 0.2) is 0 Å². The van der Waals surface area contributed by atoms with E-state index >= 15 is 0 Å². The first kappa shape index (κ1) is 16.7. The highest BCUT2D eigenvalue weighted by molar-refractivity contribution is 8.28. The SMILES string of the molecule is CCCC[Si](C)(C)SCCC[Si](C)(C)OC. The number of hydrogen-bond acceptors (Lipinski definition) is 2. The lowest BCUT2D eigenvalue weighted by molar-refractivity contribution is 0.403. The second-order valence-corrected chi connectivity index (χ2v) is 19.1. The Bertz CT molecular complexity index is 184. The van der Waals surface area contributed by atoms with Crippen LogP contribution in [0.3, 0.4) is 0 Å². The van der Waals surface area contributed by atoms with Crippen LogP contribution >= 0.6 is 11.2 Å². The molecule has 0 saturated carbocycles. The van der Waals surface area contributed by atoms with Gasteiger partial charge in [0.15, 0.2) is 8.32 Å². The zero-order valence-corrected chi connectivity index (χ0v) is 14.9. The summed E-state index contributed by atoms with van der Waals surface area (Å²) in [5.41, 5.74) is 0. The van der Waals surface area contributed by atoms with Crippen molar-refractivity contribution in [3.05, 3.63) is 0 Å². The minimum absolute atomic E-state index is 0.940. The van der Waals surface area contributed by atoms with E-state index in [4.69, 9.17) is 4.43 Å². The van der Waals surface area contributed by atoms with Crippen LogP contribution in [0.2, 0.25) is 38.3 Å². The molecule has 0 N–H and O–H groups in total. The summed E-state index contributed by atoms with van der Waals surface area (Å²) in [7, 11) is -0.362. The van der Waals surface area contributed by atoms with E-state index in [1.54, 1.807) is 0 Å². The Balaban J connectivity index is 3.64. The van der Waals surface area contributed by atoms with E-state index in [-0.39, 0.29) is 0 Å². The van der Waals surface area contributed by atoms with Crippen LogP contribution in [-0.4, -0.2) is 28.4 Å². The van der Waals surface area contributed by atoms with Gasteiger partial charge >= 0.3 is 0 Å². The molecule has 0 aromatic rings. The molecule has 0 amide bonds. The van der Waals surface area contributed by atoms with E-state index in [0.29, 0.717) is 0 Å². The van der Waals surface area contributed by atoms with Crippen molar-refractivity contribution in [2.24, 2.45) is 0 Å². The van der Waals surface area contributed by atoms with Gasteiger partial charge < -0.3 is 4.43 Å². The number of rotatable bonds is 9. The van der Waals surface area contributed by atoms with Gasteiger partial charge in [0, 0.05) is 7.11 Å². The maximum Gasteiger partial charge on any atom is 0.186 e. The van der Waals surface area contributed by atoms with Gasteiger partial charge in [0.05, 0.1) is 0 Å². The molecule has 0 radical (unpaired) electrons. The maximum absolute atomic E-state index is 5.58. The molecule has 0 rings (SSSR count). The van der Waals surface area contributed by atoms with Crippen molar-refractivity contribution in [1.82, 2.24) is 0 Å². The van der Waals surface area contributed by atoms with Crippen LogP contribution in [0.4, 0.5) is 0 Å². The lowest BCUT2D eigenvalue weighted by Crippen LogP contribution is -2.28. The van der Waals surface area contributed by atoms with Gasteiger partial charge in [-0.15, -0.1) is 0 Å². The Morgan fingerprint density at radius 2 is 1.62 bits per heavy atom. The molecule has 0 aliphatic rings. The fraction of sp³-hybridized carbons (Fsp3) is 1.00. The van der Waals surface area contributed by atoms with E-state index in [0.717, 1.165) is 0 Å².